The van der Waals surface area contributed by atoms with Crippen LogP contribution in [-0.4, -0.2) is 34.1 Å². The first-order valence-electron chi connectivity index (χ1n) is 6.43. The Bertz CT molecular complexity index is 541. The number of hydrogen-bond acceptors (Lipinski definition) is 2. The molecule has 1 aliphatic heterocycles. The van der Waals surface area contributed by atoms with Crippen LogP contribution in [0.25, 0.3) is 0 Å². The molecule has 1 unspecified atom stereocenters. The van der Waals surface area contributed by atoms with Crippen molar-refractivity contribution in [2.45, 2.75) is 32.2 Å². The normalized spacial score (nSPS) is 21.9. The fraction of sp³-hybridized carbons (Fsp3) is 0.429. The van der Waals surface area contributed by atoms with Gasteiger partial charge in [0.2, 0.25) is 0 Å². The Morgan fingerprint density at radius 1 is 1.45 bits per heavy atom. The highest BCUT2D eigenvalue weighted by Gasteiger charge is 2.46. The Balaban J connectivity index is 2.23. The molecule has 1 saturated heterocycles. The third-order valence-corrected chi connectivity index (χ3v) is 4.12. The highest BCUT2D eigenvalue weighted by molar-refractivity contribution is 6.33. The third kappa shape index (κ3) is 2.45. The Kier molecular flexibility index (Phi) is 3.90. The van der Waals surface area contributed by atoms with Crippen molar-refractivity contribution in [3.63, 3.8) is 0 Å². The lowest BCUT2D eigenvalue weighted by Crippen LogP contribution is -2.52. The first kappa shape index (κ1) is 14.7. The number of nitrogens with one attached hydrogen (secondary N) is 1. The molecule has 2 rings (SSSR count). The van der Waals surface area contributed by atoms with Gasteiger partial charge >= 0.3 is 12.0 Å². The van der Waals surface area contributed by atoms with Crippen LogP contribution in [0.4, 0.5) is 10.5 Å². The minimum Gasteiger partial charge on any atom is -0.480 e. The Morgan fingerprint density at radius 3 is 2.75 bits per heavy atom. The summed E-state index contributed by atoms with van der Waals surface area (Å²) in [6.07, 6.45) is 1.13. The lowest BCUT2D eigenvalue weighted by atomic mass is 10.00. The monoisotopic (exact) mass is 296 g/mol. The van der Waals surface area contributed by atoms with Gasteiger partial charge in [-0.25, -0.2) is 9.59 Å². The Labute approximate surface area is 122 Å². The van der Waals surface area contributed by atoms with E-state index in [1.165, 1.54) is 4.90 Å². The van der Waals surface area contributed by atoms with Gasteiger partial charge in [-0.2, -0.15) is 0 Å². The van der Waals surface area contributed by atoms with Gasteiger partial charge in [-0.05, 0) is 38.3 Å². The van der Waals surface area contributed by atoms with Crippen molar-refractivity contribution in [3.8, 4) is 0 Å². The number of nitrogens with zero attached hydrogens (tertiary/aromatic N) is 1. The molecule has 20 heavy (non-hydrogen) atoms. The van der Waals surface area contributed by atoms with Gasteiger partial charge in [0.1, 0.15) is 5.54 Å². The number of rotatable bonds is 2. The number of anilines is 1. The minimum absolute atomic E-state index is 0.427. The van der Waals surface area contributed by atoms with E-state index in [2.05, 4.69) is 5.32 Å². The molecule has 108 valence electrons. The van der Waals surface area contributed by atoms with Crippen molar-refractivity contribution < 1.29 is 14.7 Å². The zero-order valence-electron chi connectivity index (χ0n) is 11.4. The summed E-state index contributed by atoms with van der Waals surface area (Å²) in [6, 6.07) is 4.89. The fourth-order valence-corrected chi connectivity index (χ4v) is 2.74. The molecule has 1 atom stereocenters. The molecule has 1 aromatic carbocycles. The van der Waals surface area contributed by atoms with E-state index in [4.69, 9.17) is 11.6 Å². The number of carbonyl (C=O) groups excluding carboxylic acids is 1. The number of hydrogen-bond donors (Lipinski definition) is 2. The standard InChI is InChI=1S/C14H17ClN2O3/c1-9-5-3-6-10(15)11(9)16-13(20)17-8-4-7-14(17,2)12(18)19/h3,5-6H,4,7-8H2,1-2H3,(H,16,20)(H,18,19). The lowest BCUT2D eigenvalue weighted by Gasteiger charge is -2.31. The summed E-state index contributed by atoms with van der Waals surface area (Å²) in [5.74, 6) is -0.985. The Morgan fingerprint density at radius 2 is 2.15 bits per heavy atom. The smallest absolute Gasteiger partial charge is 0.329 e. The van der Waals surface area contributed by atoms with Crippen LogP contribution in [0, 0.1) is 6.92 Å². The molecule has 1 aromatic rings. The van der Waals surface area contributed by atoms with Gasteiger partial charge in [0.25, 0.3) is 0 Å². The van der Waals surface area contributed by atoms with Crippen LogP contribution in [0.1, 0.15) is 25.3 Å². The summed E-state index contributed by atoms with van der Waals surface area (Å²) in [5, 5.41) is 12.5. The van der Waals surface area contributed by atoms with Crippen molar-refractivity contribution in [1.29, 1.82) is 0 Å². The first-order valence-corrected chi connectivity index (χ1v) is 6.81. The Hall–Kier alpha value is -1.75. The van der Waals surface area contributed by atoms with Crippen LogP contribution in [-0.2, 0) is 4.79 Å². The number of urea groups is 1. The number of benzene rings is 1. The number of aryl methyl sites for hydroxylation is 1. The topological polar surface area (TPSA) is 69.6 Å². The van der Waals surface area contributed by atoms with Gasteiger partial charge in [0, 0.05) is 6.54 Å². The predicted octanol–water partition coefficient (Wildman–Crippen LogP) is 3.12. The summed E-state index contributed by atoms with van der Waals surface area (Å²) < 4.78 is 0. The van der Waals surface area contributed by atoms with E-state index < -0.39 is 17.5 Å². The fourth-order valence-electron chi connectivity index (χ4n) is 2.48. The zero-order chi connectivity index (χ0) is 14.9. The highest BCUT2D eigenvalue weighted by atomic mass is 35.5. The van der Waals surface area contributed by atoms with Crippen LogP contribution >= 0.6 is 11.6 Å². The van der Waals surface area contributed by atoms with Gasteiger partial charge < -0.3 is 15.3 Å². The van der Waals surface area contributed by atoms with Crippen molar-refractivity contribution in [2.75, 3.05) is 11.9 Å². The van der Waals surface area contributed by atoms with E-state index in [-0.39, 0.29) is 0 Å². The number of carbonyl (C=O) groups is 2. The van der Waals surface area contributed by atoms with E-state index in [9.17, 15) is 14.7 Å². The van der Waals surface area contributed by atoms with Gasteiger partial charge in [-0.15, -0.1) is 0 Å². The number of halogens is 1. The van der Waals surface area contributed by atoms with Gasteiger partial charge in [-0.1, -0.05) is 23.7 Å². The largest absolute Gasteiger partial charge is 0.480 e. The molecule has 0 bridgehead atoms. The van der Waals surface area contributed by atoms with Gasteiger partial charge in [0.15, 0.2) is 0 Å². The second-order valence-corrected chi connectivity index (χ2v) is 5.60. The zero-order valence-corrected chi connectivity index (χ0v) is 12.2. The quantitative estimate of drug-likeness (QED) is 0.881. The maximum absolute atomic E-state index is 12.3. The lowest BCUT2D eigenvalue weighted by molar-refractivity contribution is -0.146. The number of amides is 2. The number of para-hydroxylation sites is 1. The van der Waals surface area contributed by atoms with Gasteiger partial charge in [-0.3, -0.25) is 0 Å². The number of carboxylic acid groups (broad SMARTS) is 1. The number of aliphatic carboxylic acids is 1. The SMILES string of the molecule is Cc1cccc(Cl)c1NC(=O)N1CCCC1(C)C(=O)O. The maximum Gasteiger partial charge on any atom is 0.329 e. The summed E-state index contributed by atoms with van der Waals surface area (Å²) in [5.41, 5.74) is 0.208. The van der Waals surface area contributed by atoms with Crippen LogP contribution in [0.2, 0.25) is 5.02 Å². The number of carboxylic acids is 1. The van der Waals surface area contributed by atoms with E-state index in [1.54, 1.807) is 19.1 Å². The molecular weight excluding hydrogens is 280 g/mol. The summed E-state index contributed by atoms with van der Waals surface area (Å²) in [7, 11) is 0. The second kappa shape index (κ2) is 5.32. The molecular formula is C14H17ClN2O3. The molecule has 1 fully saturated rings. The third-order valence-electron chi connectivity index (χ3n) is 3.80. The minimum atomic E-state index is -1.15. The first-order chi connectivity index (χ1) is 9.36. The van der Waals surface area contributed by atoms with Crippen LogP contribution in [0.3, 0.4) is 0 Å². The summed E-state index contributed by atoms with van der Waals surface area (Å²) >= 11 is 6.06. The van der Waals surface area contributed by atoms with Crippen molar-refractivity contribution in [2.24, 2.45) is 0 Å². The molecule has 0 aliphatic carbocycles. The molecule has 5 nitrogen and oxygen atoms in total. The van der Waals surface area contributed by atoms with E-state index >= 15 is 0 Å². The van der Waals surface area contributed by atoms with Crippen LogP contribution in [0.5, 0.6) is 0 Å². The molecule has 0 aromatic heterocycles. The molecule has 6 heteroatoms. The van der Waals surface area contributed by atoms with Crippen molar-refractivity contribution in [1.82, 2.24) is 4.90 Å². The van der Waals surface area contributed by atoms with E-state index in [1.807, 2.05) is 13.0 Å². The van der Waals surface area contributed by atoms with E-state index in [0.717, 1.165) is 5.56 Å². The molecule has 1 aliphatic rings. The number of likely N-dealkylation sites (tertiary alicyclic amines) is 1. The van der Waals surface area contributed by atoms with Crippen LogP contribution in [0.15, 0.2) is 18.2 Å². The maximum atomic E-state index is 12.3. The average molecular weight is 297 g/mol. The molecule has 0 saturated carbocycles. The molecule has 2 N–H and O–H groups in total. The van der Waals surface area contributed by atoms with Crippen LogP contribution < -0.4 is 5.32 Å². The molecule has 1 heterocycles. The van der Waals surface area contributed by atoms with Crippen molar-refractivity contribution in [3.05, 3.63) is 28.8 Å². The van der Waals surface area contributed by atoms with Gasteiger partial charge in [0.05, 0.1) is 10.7 Å². The average Bonchev–Trinajstić information content (AvgIpc) is 2.77. The summed E-state index contributed by atoms with van der Waals surface area (Å²) in [4.78, 5) is 25.1. The highest BCUT2D eigenvalue weighted by Crippen LogP contribution is 2.31. The van der Waals surface area contributed by atoms with E-state index in [0.29, 0.717) is 30.1 Å². The van der Waals surface area contributed by atoms with Crippen molar-refractivity contribution >= 4 is 29.3 Å². The molecule has 2 amide bonds. The predicted molar refractivity (Wildman–Crippen MR) is 77.2 cm³/mol. The summed E-state index contributed by atoms with van der Waals surface area (Å²) in [6.45, 7) is 3.83. The molecule has 0 radical (unpaired) electrons. The molecule has 0 spiro atoms. The second-order valence-electron chi connectivity index (χ2n) is 5.20.